The molecule has 5 rings (SSSR count). The highest BCUT2D eigenvalue weighted by Gasteiger charge is 2.18. The monoisotopic (exact) mass is 454 g/mol. The van der Waals surface area contributed by atoms with Gasteiger partial charge in [-0.2, -0.15) is 0 Å². The second kappa shape index (κ2) is 9.75. The van der Waals surface area contributed by atoms with Crippen LogP contribution in [0.2, 0.25) is 0 Å². The highest BCUT2D eigenvalue weighted by atomic mass is 16.7. The van der Waals surface area contributed by atoms with Gasteiger partial charge in [-0.3, -0.25) is 4.79 Å². The van der Waals surface area contributed by atoms with E-state index < -0.39 is 0 Å². The van der Waals surface area contributed by atoms with Crippen molar-refractivity contribution in [3.8, 4) is 17.2 Å². The Labute approximate surface area is 198 Å². The van der Waals surface area contributed by atoms with Crippen LogP contribution in [0, 0.1) is 0 Å². The Morgan fingerprint density at radius 3 is 2.71 bits per heavy atom. The maximum Gasteiger partial charge on any atom is 0.268 e. The minimum atomic E-state index is -0.146. The molecule has 1 aromatic heterocycles. The van der Waals surface area contributed by atoms with Gasteiger partial charge in [0, 0.05) is 18.5 Å². The van der Waals surface area contributed by atoms with Gasteiger partial charge >= 0.3 is 0 Å². The molecular weight excluding hydrogens is 428 g/mol. The van der Waals surface area contributed by atoms with E-state index in [0.29, 0.717) is 31.1 Å². The predicted molar refractivity (Wildman–Crippen MR) is 131 cm³/mol. The van der Waals surface area contributed by atoms with Crippen LogP contribution in [0.4, 0.5) is 0 Å². The van der Waals surface area contributed by atoms with E-state index in [1.54, 1.807) is 0 Å². The fourth-order valence-electron chi connectivity index (χ4n) is 4.04. The quantitative estimate of drug-likeness (QED) is 0.360. The number of hydrogen-bond acceptors (Lipinski definition) is 4. The second-order valence-corrected chi connectivity index (χ2v) is 8.04. The van der Waals surface area contributed by atoms with Crippen LogP contribution < -0.4 is 19.5 Å². The molecule has 0 aliphatic carbocycles. The van der Waals surface area contributed by atoms with Gasteiger partial charge in [-0.05, 0) is 48.4 Å². The molecule has 0 radical (unpaired) electrons. The van der Waals surface area contributed by atoms with Gasteiger partial charge in [0.15, 0.2) is 11.5 Å². The van der Waals surface area contributed by atoms with Crippen LogP contribution in [0.3, 0.4) is 0 Å². The molecule has 0 saturated carbocycles. The zero-order chi connectivity index (χ0) is 23.3. The number of hydrogen-bond donors (Lipinski definition) is 1. The average molecular weight is 455 g/mol. The maximum absolute atomic E-state index is 13.2. The van der Waals surface area contributed by atoms with Crippen LogP contribution in [0.25, 0.3) is 10.9 Å². The van der Waals surface area contributed by atoms with Gasteiger partial charge in [-0.1, -0.05) is 54.6 Å². The summed E-state index contributed by atoms with van der Waals surface area (Å²) >= 11 is 0. The molecule has 1 amide bonds. The molecule has 6 nitrogen and oxygen atoms in total. The smallest absolute Gasteiger partial charge is 0.268 e. The highest BCUT2D eigenvalue weighted by Crippen LogP contribution is 2.33. The molecule has 1 N–H and O–H groups in total. The Balaban J connectivity index is 1.40. The maximum atomic E-state index is 13.2. The largest absolute Gasteiger partial charge is 0.488 e. The highest BCUT2D eigenvalue weighted by molar-refractivity contribution is 6.00. The molecule has 34 heavy (non-hydrogen) atoms. The van der Waals surface area contributed by atoms with Crippen LogP contribution in [-0.4, -0.2) is 17.3 Å². The van der Waals surface area contributed by atoms with Gasteiger partial charge in [0.1, 0.15) is 18.1 Å². The van der Waals surface area contributed by atoms with Crippen molar-refractivity contribution in [3.63, 3.8) is 0 Å². The summed E-state index contributed by atoms with van der Waals surface area (Å²) in [6, 6.07) is 23.6. The number of aromatic nitrogens is 1. The molecule has 6 heteroatoms. The summed E-state index contributed by atoms with van der Waals surface area (Å²) in [5.41, 5.74) is 3.58. The first-order valence-corrected chi connectivity index (χ1v) is 11.3. The van der Waals surface area contributed by atoms with E-state index in [4.69, 9.17) is 14.2 Å². The fourth-order valence-corrected chi connectivity index (χ4v) is 4.04. The first-order valence-electron chi connectivity index (χ1n) is 11.3. The molecule has 0 spiro atoms. The van der Waals surface area contributed by atoms with E-state index in [9.17, 15) is 4.79 Å². The molecular formula is C28H26N2O4. The number of benzene rings is 3. The van der Waals surface area contributed by atoms with Crippen LogP contribution in [-0.2, 0) is 19.7 Å². The molecule has 3 aromatic carbocycles. The number of ether oxygens (including phenoxy) is 3. The third-order valence-corrected chi connectivity index (χ3v) is 5.79. The van der Waals surface area contributed by atoms with Crippen molar-refractivity contribution in [2.24, 2.45) is 0 Å². The van der Waals surface area contributed by atoms with Gasteiger partial charge in [-0.15, -0.1) is 0 Å². The van der Waals surface area contributed by atoms with Crippen molar-refractivity contribution in [1.82, 2.24) is 9.88 Å². The van der Waals surface area contributed by atoms with E-state index in [-0.39, 0.29) is 12.7 Å². The SMILES string of the molecule is C/C=C\Cn1c(C(=O)NCc2ccc3c(c2)OCO3)cc2c(OCc3ccccc3)cccc21. The summed E-state index contributed by atoms with van der Waals surface area (Å²) < 4.78 is 19.0. The van der Waals surface area contributed by atoms with E-state index in [0.717, 1.165) is 33.5 Å². The normalized spacial score (nSPS) is 12.4. The van der Waals surface area contributed by atoms with Gasteiger partial charge in [0.25, 0.3) is 5.91 Å². The van der Waals surface area contributed by atoms with Crippen LogP contribution >= 0.6 is 0 Å². The number of amides is 1. The standard InChI is InChI=1S/C28H26N2O4/c1-2-3-14-30-23-10-7-11-25(32-18-20-8-5-4-6-9-20)22(23)16-24(30)28(31)29-17-21-12-13-26-27(15-21)34-19-33-26/h2-13,15-16H,14,17-19H2,1H3,(H,29,31)/b3-2-. The molecule has 1 aliphatic rings. The number of nitrogens with zero attached hydrogens (tertiary/aromatic N) is 1. The van der Waals surface area contributed by atoms with Crippen molar-refractivity contribution in [1.29, 1.82) is 0 Å². The van der Waals surface area contributed by atoms with Gasteiger partial charge in [0.05, 0.1) is 5.52 Å². The van der Waals surface area contributed by atoms with Crippen molar-refractivity contribution in [3.05, 3.63) is 102 Å². The molecule has 1 aliphatic heterocycles. The van der Waals surface area contributed by atoms with E-state index in [2.05, 4.69) is 5.32 Å². The zero-order valence-electron chi connectivity index (χ0n) is 19.0. The van der Waals surface area contributed by atoms with E-state index in [1.165, 1.54) is 0 Å². The summed E-state index contributed by atoms with van der Waals surface area (Å²) in [5, 5.41) is 3.95. The van der Waals surface area contributed by atoms with E-state index >= 15 is 0 Å². The Morgan fingerprint density at radius 1 is 1.00 bits per heavy atom. The van der Waals surface area contributed by atoms with Crippen LogP contribution in [0.15, 0.2) is 84.9 Å². The molecule has 0 saturated heterocycles. The first kappa shape index (κ1) is 21.6. The number of nitrogens with one attached hydrogen (secondary N) is 1. The molecule has 0 unspecified atom stereocenters. The lowest BCUT2D eigenvalue weighted by Crippen LogP contribution is -2.25. The van der Waals surface area contributed by atoms with Crippen molar-refractivity contribution >= 4 is 16.8 Å². The fraction of sp³-hybridized carbons (Fsp3) is 0.179. The topological polar surface area (TPSA) is 61.7 Å². The number of rotatable bonds is 8. The molecule has 172 valence electrons. The lowest BCUT2D eigenvalue weighted by molar-refractivity contribution is 0.0942. The van der Waals surface area contributed by atoms with Gasteiger partial charge in [0.2, 0.25) is 6.79 Å². The average Bonchev–Trinajstić information content (AvgIpc) is 3.50. The van der Waals surface area contributed by atoms with Crippen molar-refractivity contribution in [2.45, 2.75) is 26.6 Å². The molecule has 2 heterocycles. The molecule has 0 bridgehead atoms. The summed E-state index contributed by atoms with van der Waals surface area (Å²) in [7, 11) is 0. The third kappa shape index (κ3) is 4.48. The summed E-state index contributed by atoms with van der Waals surface area (Å²) in [6.45, 7) is 3.64. The minimum absolute atomic E-state index is 0.146. The number of fused-ring (bicyclic) bond motifs is 2. The Kier molecular flexibility index (Phi) is 6.21. The minimum Gasteiger partial charge on any atom is -0.488 e. The number of carbonyl (C=O) groups excluding carboxylic acids is 1. The number of allylic oxidation sites excluding steroid dienone is 2. The zero-order valence-corrected chi connectivity index (χ0v) is 19.0. The van der Waals surface area contributed by atoms with Gasteiger partial charge < -0.3 is 24.1 Å². The molecule has 4 aromatic rings. The molecule has 0 fully saturated rings. The van der Waals surface area contributed by atoms with Crippen molar-refractivity contribution < 1.29 is 19.0 Å². The third-order valence-electron chi connectivity index (χ3n) is 5.79. The van der Waals surface area contributed by atoms with Crippen molar-refractivity contribution in [2.75, 3.05) is 6.79 Å². The Hall–Kier alpha value is -4.19. The predicted octanol–water partition coefficient (Wildman–Crippen LogP) is 5.46. The second-order valence-electron chi connectivity index (χ2n) is 8.04. The van der Waals surface area contributed by atoms with E-state index in [1.807, 2.05) is 96.4 Å². The number of carbonyl (C=O) groups is 1. The first-order chi connectivity index (χ1) is 16.7. The lowest BCUT2D eigenvalue weighted by Gasteiger charge is -2.10. The summed E-state index contributed by atoms with van der Waals surface area (Å²) in [6.07, 6.45) is 4.02. The van der Waals surface area contributed by atoms with Crippen LogP contribution in [0.5, 0.6) is 17.2 Å². The van der Waals surface area contributed by atoms with Crippen LogP contribution in [0.1, 0.15) is 28.5 Å². The summed E-state index contributed by atoms with van der Waals surface area (Å²) in [5.74, 6) is 2.04. The molecule has 0 atom stereocenters. The Morgan fingerprint density at radius 2 is 1.85 bits per heavy atom. The Bertz CT molecular complexity index is 1340. The summed E-state index contributed by atoms with van der Waals surface area (Å²) in [4.78, 5) is 13.2. The lowest BCUT2D eigenvalue weighted by atomic mass is 10.2. The van der Waals surface area contributed by atoms with Gasteiger partial charge in [-0.25, -0.2) is 0 Å².